The Hall–Kier alpha value is -0.0800. The van der Waals surface area contributed by atoms with Crippen molar-refractivity contribution in [1.29, 1.82) is 0 Å². The Morgan fingerprint density at radius 2 is 1.11 bits per heavy atom. The van der Waals surface area contributed by atoms with Crippen molar-refractivity contribution in [3.8, 4) is 0 Å². The second-order valence-corrected chi connectivity index (χ2v) is 5.70. The van der Waals surface area contributed by atoms with E-state index in [1.165, 1.54) is 44.9 Å². The van der Waals surface area contributed by atoms with Crippen LogP contribution in [0.4, 0.5) is 0 Å². The van der Waals surface area contributed by atoms with Crippen molar-refractivity contribution in [1.82, 2.24) is 0 Å². The molecule has 0 aliphatic carbocycles. The summed E-state index contributed by atoms with van der Waals surface area (Å²) >= 11 is 0. The Morgan fingerprint density at radius 3 is 1.61 bits per heavy atom. The first-order chi connectivity index (χ1) is 8.66. The highest BCUT2D eigenvalue weighted by molar-refractivity contribution is 4.57. The molecule has 0 aromatic carbocycles. The fourth-order valence-electron chi connectivity index (χ4n) is 2.30. The van der Waals surface area contributed by atoms with E-state index in [0.717, 1.165) is 32.1 Å². The minimum absolute atomic E-state index is 0.0701. The number of unbranched alkanes of at least 4 members (excludes halogenated alkanes) is 7. The van der Waals surface area contributed by atoms with E-state index in [0.29, 0.717) is 0 Å². The van der Waals surface area contributed by atoms with Crippen LogP contribution in [0, 0.1) is 0 Å². The Kier molecular flexibility index (Phi) is 13.3. The maximum Gasteiger partial charge on any atom is 0.0540 e. The first-order valence-corrected chi connectivity index (χ1v) is 8.03. The second kappa shape index (κ2) is 13.4. The normalized spacial score (nSPS) is 14.7. The van der Waals surface area contributed by atoms with Crippen molar-refractivity contribution in [2.24, 2.45) is 0 Å². The first kappa shape index (κ1) is 17.9. The molecule has 2 unspecified atom stereocenters. The molecular weight excluding hydrogens is 224 g/mol. The van der Waals surface area contributed by atoms with Crippen molar-refractivity contribution in [3.63, 3.8) is 0 Å². The van der Waals surface area contributed by atoms with Crippen molar-refractivity contribution in [3.05, 3.63) is 0 Å². The van der Waals surface area contributed by atoms with Gasteiger partial charge in [0, 0.05) is 0 Å². The quantitative estimate of drug-likeness (QED) is 0.480. The molecule has 0 aliphatic heterocycles. The number of hydrogen-bond acceptors (Lipinski definition) is 2. The van der Waals surface area contributed by atoms with Crippen molar-refractivity contribution in [2.75, 3.05) is 0 Å². The molecule has 0 saturated carbocycles. The average Bonchev–Trinajstić information content (AvgIpc) is 2.33. The molecule has 110 valence electrons. The molecule has 0 aliphatic rings. The fraction of sp³-hybridized carbons (Fsp3) is 1.00. The average molecular weight is 258 g/mol. The summed E-state index contributed by atoms with van der Waals surface area (Å²) in [5.41, 5.74) is 0. The van der Waals surface area contributed by atoms with Gasteiger partial charge in [-0.3, -0.25) is 0 Å². The van der Waals surface area contributed by atoms with Gasteiger partial charge in [0.15, 0.2) is 0 Å². The van der Waals surface area contributed by atoms with Gasteiger partial charge >= 0.3 is 0 Å². The van der Waals surface area contributed by atoms with Gasteiger partial charge in [0.25, 0.3) is 0 Å². The maximum atomic E-state index is 9.79. The zero-order valence-electron chi connectivity index (χ0n) is 12.5. The summed E-state index contributed by atoms with van der Waals surface area (Å²) in [5, 5.41) is 18.9. The highest BCUT2D eigenvalue weighted by Gasteiger charge is 2.03. The summed E-state index contributed by atoms with van der Waals surface area (Å²) in [6.45, 7) is 4.07. The molecule has 0 heterocycles. The summed E-state index contributed by atoms with van der Waals surface area (Å²) < 4.78 is 0. The van der Waals surface area contributed by atoms with Crippen LogP contribution in [0.5, 0.6) is 0 Å². The van der Waals surface area contributed by atoms with Crippen molar-refractivity contribution < 1.29 is 10.2 Å². The van der Waals surface area contributed by atoms with E-state index in [2.05, 4.69) is 6.92 Å². The van der Waals surface area contributed by atoms with Crippen LogP contribution in [-0.4, -0.2) is 22.4 Å². The van der Waals surface area contributed by atoms with Gasteiger partial charge in [-0.1, -0.05) is 64.7 Å². The smallest absolute Gasteiger partial charge is 0.0540 e. The molecule has 0 radical (unpaired) electrons. The number of aliphatic hydroxyl groups is 2. The maximum absolute atomic E-state index is 9.79. The lowest BCUT2D eigenvalue weighted by atomic mass is 10.0. The van der Waals surface area contributed by atoms with Crippen LogP contribution < -0.4 is 0 Å². The van der Waals surface area contributed by atoms with E-state index >= 15 is 0 Å². The standard InChI is InChI=1S/C16H34O2/c1-3-4-5-10-13-16(18)14-11-8-6-7-9-12-15(2)17/h15-18H,3-14H2,1-2H3. The molecule has 0 fully saturated rings. The third kappa shape index (κ3) is 14.0. The molecule has 0 spiro atoms. The Bertz CT molecular complexity index is 157. The van der Waals surface area contributed by atoms with Crippen molar-refractivity contribution >= 4 is 0 Å². The van der Waals surface area contributed by atoms with Gasteiger partial charge in [-0.2, -0.15) is 0 Å². The second-order valence-electron chi connectivity index (χ2n) is 5.70. The molecule has 0 rings (SSSR count). The summed E-state index contributed by atoms with van der Waals surface area (Å²) in [5.74, 6) is 0. The Balaban J connectivity index is 3.12. The zero-order chi connectivity index (χ0) is 13.6. The molecule has 18 heavy (non-hydrogen) atoms. The highest BCUT2D eigenvalue weighted by Crippen LogP contribution is 2.13. The van der Waals surface area contributed by atoms with Gasteiger partial charge in [-0.25, -0.2) is 0 Å². The van der Waals surface area contributed by atoms with E-state index < -0.39 is 0 Å². The molecule has 0 aromatic rings. The number of aliphatic hydroxyl groups excluding tert-OH is 2. The molecule has 2 atom stereocenters. The topological polar surface area (TPSA) is 40.5 Å². The Labute approximate surface area is 114 Å². The third-order valence-electron chi connectivity index (χ3n) is 3.55. The van der Waals surface area contributed by atoms with Crippen LogP contribution in [0.25, 0.3) is 0 Å². The van der Waals surface area contributed by atoms with E-state index in [1.807, 2.05) is 6.92 Å². The lowest BCUT2D eigenvalue weighted by molar-refractivity contribution is 0.147. The monoisotopic (exact) mass is 258 g/mol. The van der Waals surface area contributed by atoms with Gasteiger partial charge in [0.1, 0.15) is 0 Å². The van der Waals surface area contributed by atoms with Gasteiger partial charge in [-0.15, -0.1) is 0 Å². The minimum Gasteiger partial charge on any atom is -0.393 e. The highest BCUT2D eigenvalue weighted by atomic mass is 16.3. The molecule has 0 amide bonds. The summed E-state index contributed by atoms with van der Waals surface area (Å²) in [6.07, 6.45) is 13.7. The van der Waals surface area contributed by atoms with E-state index in [-0.39, 0.29) is 12.2 Å². The molecule has 0 saturated heterocycles. The van der Waals surface area contributed by atoms with Gasteiger partial charge in [-0.05, 0) is 26.2 Å². The fourth-order valence-corrected chi connectivity index (χ4v) is 2.30. The van der Waals surface area contributed by atoms with Gasteiger partial charge in [0.05, 0.1) is 12.2 Å². The van der Waals surface area contributed by atoms with Crippen molar-refractivity contribution in [2.45, 2.75) is 103 Å². The first-order valence-electron chi connectivity index (χ1n) is 8.03. The SMILES string of the molecule is CCCCCCC(O)CCCCCCCC(C)O. The van der Waals surface area contributed by atoms with Gasteiger partial charge in [0.2, 0.25) is 0 Å². The van der Waals surface area contributed by atoms with Crippen LogP contribution in [0.1, 0.15) is 90.9 Å². The zero-order valence-corrected chi connectivity index (χ0v) is 12.5. The summed E-state index contributed by atoms with van der Waals surface area (Å²) in [7, 11) is 0. The van der Waals surface area contributed by atoms with E-state index in [9.17, 15) is 5.11 Å². The van der Waals surface area contributed by atoms with Gasteiger partial charge < -0.3 is 10.2 Å². The molecule has 2 nitrogen and oxygen atoms in total. The van der Waals surface area contributed by atoms with Crippen LogP contribution in [0.2, 0.25) is 0 Å². The predicted molar refractivity (Wildman–Crippen MR) is 78.8 cm³/mol. The van der Waals surface area contributed by atoms with Crippen LogP contribution in [-0.2, 0) is 0 Å². The van der Waals surface area contributed by atoms with Crippen LogP contribution in [0.3, 0.4) is 0 Å². The molecular formula is C16H34O2. The molecule has 0 aromatic heterocycles. The van der Waals surface area contributed by atoms with E-state index in [1.54, 1.807) is 0 Å². The molecule has 2 heteroatoms. The summed E-state index contributed by atoms with van der Waals surface area (Å²) in [4.78, 5) is 0. The lowest BCUT2D eigenvalue weighted by Crippen LogP contribution is -2.05. The summed E-state index contributed by atoms with van der Waals surface area (Å²) in [6, 6.07) is 0. The minimum atomic E-state index is -0.144. The van der Waals surface area contributed by atoms with Crippen LogP contribution >= 0.6 is 0 Å². The number of rotatable bonds is 13. The third-order valence-corrected chi connectivity index (χ3v) is 3.55. The largest absolute Gasteiger partial charge is 0.393 e. The lowest BCUT2D eigenvalue weighted by Gasteiger charge is -2.10. The van der Waals surface area contributed by atoms with E-state index in [4.69, 9.17) is 5.11 Å². The molecule has 2 N–H and O–H groups in total. The predicted octanol–water partition coefficient (Wildman–Crippen LogP) is 4.43. The number of hydrogen-bond donors (Lipinski definition) is 2. The molecule has 0 bridgehead atoms. The Morgan fingerprint density at radius 1 is 0.667 bits per heavy atom. The van der Waals surface area contributed by atoms with Crippen LogP contribution in [0.15, 0.2) is 0 Å².